The monoisotopic (exact) mass is 317 g/mol. The van der Waals surface area contributed by atoms with E-state index in [-0.39, 0.29) is 0 Å². The Labute approximate surface area is 145 Å². The molecule has 1 nitrogen and oxygen atoms in total. The molecule has 0 spiro atoms. The fourth-order valence-corrected chi connectivity index (χ4v) is 4.43. The summed E-state index contributed by atoms with van der Waals surface area (Å²) in [5, 5.41) is 0. The third-order valence-electron chi connectivity index (χ3n) is 6.26. The lowest BCUT2D eigenvalue weighted by molar-refractivity contribution is 0.232. The summed E-state index contributed by atoms with van der Waals surface area (Å²) < 4.78 is 0. The molecule has 0 aromatic carbocycles. The van der Waals surface area contributed by atoms with E-state index in [0.29, 0.717) is 5.92 Å². The van der Waals surface area contributed by atoms with Crippen LogP contribution >= 0.6 is 0 Å². The van der Waals surface area contributed by atoms with Gasteiger partial charge >= 0.3 is 0 Å². The van der Waals surface area contributed by atoms with Gasteiger partial charge in [-0.05, 0) is 43.4 Å². The standard InChI is InChI=1S/C22H39N/c1-18(2)20(4)22-14-16-23(17-15-22)19(3)10-8-9-13-21-11-6-5-7-12-21/h18,21-22H,3-17H2,1-2H3. The zero-order valence-electron chi connectivity index (χ0n) is 15.8. The average Bonchev–Trinajstić information content (AvgIpc) is 2.59. The molecule has 23 heavy (non-hydrogen) atoms. The Bertz CT molecular complexity index is 367. The average molecular weight is 318 g/mol. The van der Waals surface area contributed by atoms with Crippen molar-refractivity contribution in [3.63, 3.8) is 0 Å². The van der Waals surface area contributed by atoms with Crippen molar-refractivity contribution in [3.05, 3.63) is 24.4 Å². The Morgan fingerprint density at radius 1 is 0.957 bits per heavy atom. The van der Waals surface area contributed by atoms with Crippen LogP contribution in [0.25, 0.3) is 0 Å². The molecule has 0 unspecified atom stereocenters. The summed E-state index contributed by atoms with van der Waals surface area (Å²) in [6.45, 7) is 15.6. The van der Waals surface area contributed by atoms with Crippen LogP contribution in [0.1, 0.15) is 84.5 Å². The van der Waals surface area contributed by atoms with Crippen LogP contribution < -0.4 is 0 Å². The summed E-state index contributed by atoms with van der Waals surface area (Å²) in [5.74, 6) is 2.41. The Morgan fingerprint density at radius 2 is 1.61 bits per heavy atom. The summed E-state index contributed by atoms with van der Waals surface area (Å²) in [4.78, 5) is 2.55. The molecule has 0 N–H and O–H groups in total. The highest BCUT2D eigenvalue weighted by Crippen LogP contribution is 2.31. The maximum Gasteiger partial charge on any atom is 0.0180 e. The van der Waals surface area contributed by atoms with Crippen LogP contribution in [0.15, 0.2) is 24.4 Å². The van der Waals surface area contributed by atoms with Gasteiger partial charge in [0.2, 0.25) is 0 Å². The molecule has 1 saturated carbocycles. The second-order valence-electron chi connectivity index (χ2n) is 8.31. The lowest BCUT2D eigenvalue weighted by Gasteiger charge is -2.36. The Morgan fingerprint density at radius 3 is 2.22 bits per heavy atom. The van der Waals surface area contributed by atoms with Gasteiger partial charge in [0.25, 0.3) is 0 Å². The summed E-state index contributed by atoms with van der Waals surface area (Å²) >= 11 is 0. The molecular formula is C22H39N. The van der Waals surface area contributed by atoms with Crippen molar-refractivity contribution in [1.82, 2.24) is 4.90 Å². The quantitative estimate of drug-likeness (QED) is 0.362. The Kier molecular flexibility index (Phi) is 7.73. The largest absolute Gasteiger partial charge is 0.375 e. The van der Waals surface area contributed by atoms with Gasteiger partial charge in [-0.2, -0.15) is 0 Å². The minimum atomic E-state index is 0.634. The number of hydrogen-bond acceptors (Lipinski definition) is 1. The molecule has 1 saturated heterocycles. The minimum Gasteiger partial charge on any atom is -0.375 e. The van der Waals surface area contributed by atoms with Crippen molar-refractivity contribution in [3.8, 4) is 0 Å². The van der Waals surface area contributed by atoms with Crippen LogP contribution in [-0.2, 0) is 0 Å². The fourth-order valence-electron chi connectivity index (χ4n) is 4.43. The number of nitrogens with zero attached hydrogens (tertiary/aromatic N) is 1. The third-order valence-corrected chi connectivity index (χ3v) is 6.26. The molecule has 1 aliphatic carbocycles. The lowest BCUT2D eigenvalue weighted by Crippen LogP contribution is -2.33. The van der Waals surface area contributed by atoms with Gasteiger partial charge < -0.3 is 4.90 Å². The van der Waals surface area contributed by atoms with E-state index >= 15 is 0 Å². The van der Waals surface area contributed by atoms with Crippen molar-refractivity contribution in [2.24, 2.45) is 17.8 Å². The summed E-state index contributed by atoms with van der Waals surface area (Å²) in [7, 11) is 0. The van der Waals surface area contributed by atoms with Gasteiger partial charge in [0.15, 0.2) is 0 Å². The smallest absolute Gasteiger partial charge is 0.0180 e. The zero-order chi connectivity index (χ0) is 16.7. The maximum atomic E-state index is 4.37. The van der Waals surface area contributed by atoms with Gasteiger partial charge in [-0.25, -0.2) is 0 Å². The van der Waals surface area contributed by atoms with Gasteiger partial charge in [0.1, 0.15) is 0 Å². The van der Waals surface area contributed by atoms with Crippen LogP contribution in [0.2, 0.25) is 0 Å². The van der Waals surface area contributed by atoms with Crippen LogP contribution in [0.5, 0.6) is 0 Å². The minimum absolute atomic E-state index is 0.634. The highest BCUT2D eigenvalue weighted by Gasteiger charge is 2.23. The first-order valence-corrected chi connectivity index (χ1v) is 10.2. The molecular weight excluding hydrogens is 278 g/mol. The molecule has 2 rings (SSSR count). The molecule has 2 fully saturated rings. The van der Waals surface area contributed by atoms with Crippen LogP contribution in [0.4, 0.5) is 0 Å². The van der Waals surface area contributed by atoms with Gasteiger partial charge in [0.05, 0.1) is 0 Å². The van der Waals surface area contributed by atoms with Crippen molar-refractivity contribution in [2.45, 2.75) is 84.5 Å². The van der Waals surface area contributed by atoms with Crippen molar-refractivity contribution in [1.29, 1.82) is 0 Å². The number of allylic oxidation sites excluding steroid dienone is 2. The van der Waals surface area contributed by atoms with E-state index in [4.69, 9.17) is 0 Å². The Balaban J connectivity index is 1.58. The summed E-state index contributed by atoms with van der Waals surface area (Å²) in [6.07, 6.45) is 15.4. The van der Waals surface area contributed by atoms with Crippen LogP contribution in [0.3, 0.4) is 0 Å². The summed E-state index contributed by atoms with van der Waals surface area (Å²) in [5.41, 5.74) is 2.85. The highest BCUT2D eigenvalue weighted by molar-refractivity contribution is 5.07. The van der Waals surface area contributed by atoms with Gasteiger partial charge in [0, 0.05) is 18.8 Å². The molecule has 1 heterocycles. The molecule has 2 aliphatic rings. The number of piperidine rings is 1. The third kappa shape index (κ3) is 6.01. The number of rotatable bonds is 8. The number of likely N-dealkylation sites (tertiary alicyclic amines) is 1. The van der Waals surface area contributed by atoms with E-state index in [1.165, 1.54) is 95.0 Å². The molecule has 0 bridgehead atoms. The number of hydrogen-bond donors (Lipinski definition) is 0. The van der Waals surface area contributed by atoms with Gasteiger partial charge in [-0.3, -0.25) is 0 Å². The topological polar surface area (TPSA) is 3.24 Å². The summed E-state index contributed by atoms with van der Waals surface area (Å²) in [6, 6.07) is 0. The van der Waals surface area contributed by atoms with Gasteiger partial charge in [-0.1, -0.05) is 77.5 Å². The predicted molar refractivity (Wildman–Crippen MR) is 102 cm³/mol. The first-order valence-electron chi connectivity index (χ1n) is 10.2. The van der Waals surface area contributed by atoms with Crippen LogP contribution in [-0.4, -0.2) is 18.0 Å². The SMILES string of the molecule is C=C(C(C)C)C1CCN(C(=C)CCCCC2CCCCC2)CC1. The van der Waals surface area contributed by atoms with E-state index in [0.717, 1.165) is 11.8 Å². The van der Waals surface area contributed by atoms with E-state index in [9.17, 15) is 0 Å². The van der Waals surface area contributed by atoms with Crippen molar-refractivity contribution < 1.29 is 0 Å². The second-order valence-corrected chi connectivity index (χ2v) is 8.31. The molecule has 0 aromatic rings. The normalized spacial score (nSPS) is 20.9. The molecule has 0 atom stereocenters. The molecule has 0 amide bonds. The zero-order valence-corrected chi connectivity index (χ0v) is 15.8. The van der Waals surface area contributed by atoms with E-state index in [1.807, 2.05) is 0 Å². The number of unbranched alkanes of at least 4 members (excludes halogenated alkanes) is 1. The maximum absolute atomic E-state index is 4.37. The first-order chi connectivity index (χ1) is 11.1. The van der Waals surface area contributed by atoms with E-state index < -0.39 is 0 Å². The van der Waals surface area contributed by atoms with Crippen LogP contribution in [0, 0.1) is 17.8 Å². The van der Waals surface area contributed by atoms with E-state index in [1.54, 1.807) is 0 Å². The highest BCUT2D eigenvalue weighted by atomic mass is 15.1. The molecule has 132 valence electrons. The Hall–Kier alpha value is -0.720. The van der Waals surface area contributed by atoms with Crippen molar-refractivity contribution >= 4 is 0 Å². The lowest BCUT2D eigenvalue weighted by atomic mass is 9.84. The fraction of sp³-hybridized carbons (Fsp3) is 0.818. The second kappa shape index (κ2) is 9.55. The van der Waals surface area contributed by atoms with Crippen molar-refractivity contribution in [2.75, 3.05) is 13.1 Å². The molecule has 0 radical (unpaired) electrons. The molecule has 1 heteroatoms. The molecule has 1 aliphatic heterocycles. The first kappa shape index (κ1) is 18.6. The van der Waals surface area contributed by atoms with Gasteiger partial charge in [-0.15, -0.1) is 0 Å². The van der Waals surface area contributed by atoms with E-state index in [2.05, 4.69) is 31.9 Å². The predicted octanol–water partition coefficient (Wildman–Crippen LogP) is 6.57. The molecule has 0 aromatic heterocycles.